The van der Waals surface area contributed by atoms with E-state index in [-0.39, 0.29) is 29.9 Å². The molecule has 0 radical (unpaired) electrons. The van der Waals surface area contributed by atoms with Gasteiger partial charge in [0, 0.05) is 47.1 Å². The summed E-state index contributed by atoms with van der Waals surface area (Å²) in [7, 11) is 0. The standard InChI is InChI=1S/C29H35F3N2O2/c1-17-13-18(2)23(27(36)14-17)9-10-26(35)28-20(4)34(25-8-6-5-7-24(25)28)19(3)21-11-12-33-22(15-21)16-29(30,31)32/h5-8,13,19,21-22,33H,9-12,14-16H2,1-4H3. The Morgan fingerprint density at radius 3 is 2.61 bits per heavy atom. The Morgan fingerprint density at radius 2 is 1.92 bits per heavy atom. The van der Waals surface area contributed by atoms with Crippen LogP contribution < -0.4 is 5.32 Å². The molecule has 3 atom stereocenters. The van der Waals surface area contributed by atoms with Crippen LogP contribution in [0, 0.1) is 12.8 Å². The second-order valence-corrected chi connectivity index (χ2v) is 10.5. The largest absolute Gasteiger partial charge is 0.390 e. The summed E-state index contributed by atoms with van der Waals surface area (Å²) in [5, 5.41) is 3.89. The number of para-hydroxylation sites is 1. The summed E-state index contributed by atoms with van der Waals surface area (Å²) in [5.74, 6) is 0.153. The molecule has 0 amide bonds. The summed E-state index contributed by atoms with van der Waals surface area (Å²) < 4.78 is 41.2. The van der Waals surface area contributed by atoms with E-state index in [1.165, 1.54) is 0 Å². The number of hydrogen-bond donors (Lipinski definition) is 1. The highest BCUT2D eigenvalue weighted by Gasteiger charge is 2.36. The average molecular weight is 501 g/mol. The van der Waals surface area contributed by atoms with Gasteiger partial charge >= 0.3 is 6.18 Å². The Hall–Kier alpha value is -2.67. The van der Waals surface area contributed by atoms with Gasteiger partial charge in [0.2, 0.25) is 0 Å². The van der Waals surface area contributed by atoms with Crippen LogP contribution in [0.2, 0.25) is 0 Å². The van der Waals surface area contributed by atoms with Crippen molar-refractivity contribution in [1.29, 1.82) is 0 Å². The summed E-state index contributed by atoms with van der Waals surface area (Å²) >= 11 is 0. The summed E-state index contributed by atoms with van der Waals surface area (Å²) in [6.45, 7) is 8.40. The van der Waals surface area contributed by atoms with Crippen LogP contribution in [0.3, 0.4) is 0 Å². The number of benzene rings is 1. The highest BCUT2D eigenvalue weighted by molar-refractivity contribution is 6.10. The van der Waals surface area contributed by atoms with Crippen LogP contribution in [-0.2, 0) is 4.79 Å². The van der Waals surface area contributed by atoms with Crippen LogP contribution in [0.15, 0.2) is 47.1 Å². The van der Waals surface area contributed by atoms with Crippen LogP contribution in [0.4, 0.5) is 13.2 Å². The SMILES string of the molecule is CC1=CC(C)=C(CCC(=O)c2c(C)n(C(C)C3CCNC(CC(F)(F)F)C3)c3ccccc23)C(=O)C1. The fourth-order valence-corrected chi connectivity index (χ4v) is 6.18. The van der Waals surface area contributed by atoms with Gasteiger partial charge < -0.3 is 9.88 Å². The molecule has 7 heteroatoms. The van der Waals surface area contributed by atoms with Crippen LogP contribution in [0.25, 0.3) is 10.9 Å². The maximum absolute atomic E-state index is 13.5. The van der Waals surface area contributed by atoms with Gasteiger partial charge in [-0.2, -0.15) is 13.2 Å². The highest BCUT2D eigenvalue weighted by Crippen LogP contribution is 2.38. The van der Waals surface area contributed by atoms with Crippen molar-refractivity contribution in [3.63, 3.8) is 0 Å². The molecule has 4 nitrogen and oxygen atoms in total. The third-order valence-electron chi connectivity index (χ3n) is 7.85. The molecule has 1 fully saturated rings. The Balaban J connectivity index is 1.60. The first kappa shape index (κ1) is 26.4. The minimum atomic E-state index is -4.19. The maximum atomic E-state index is 13.5. The lowest BCUT2D eigenvalue weighted by Crippen LogP contribution is -2.42. The summed E-state index contributed by atoms with van der Waals surface area (Å²) in [6.07, 6.45) is -0.710. The van der Waals surface area contributed by atoms with Gasteiger partial charge in [-0.3, -0.25) is 9.59 Å². The van der Waals surface area contributed by atoms with Crippen molar-refractivity contribution in [3.8, 4) is 0 Å². The third-order valence-corrected chi connectivity index (χ3v) is 7.85. The molecule has 0 spiro atoms. The average Bonchev–Trinajstić information content (AvgIpc) is 3.08. The fraction of sp³-hybridized carbons (Fsp3) is 0.517. The molecule has 1 saturated heterocycles. The second-order valence-electron chi connectivity index (χ2n) is 10.5. The van der Waals surface area contributed by atoms with Crippen molar-refractivity contribution in [3.05, 3.63) is 58.3 Å². The zero-order chi connectivity index (χ0) is 26.2. The predicted molar refractivity (Wildman–Crippen MR) is 136 cm³/mol. The molecule has 0 saturated carbocycles. The number of aromatic nitrogens is 1. The number of piperidine rings is 1. The second kappa shape index (κ2) is 10.4. The molecule has 3 unspecified atom stereocenters. The van der Waals surface area contributed by atoms with Crippen LogP contribution in [0.5, 0.6) is 0 Å². The minimum Gasteiger partial charge on any atom is -0.341 e. The van der Waals surface area contributed by atoms with E-state index in [0.717, 1.165) is 39.7 Å². The Bertz CT molecular complexity index is 1240. The smallest absolute Gasteiger partial charge is 0.341 e. The molecule has 1 aliphatic carbocycles. The molecule has 0 bridgehead atoms. The van der Waals surface area contributed by atoms with E-state index in [0.29, 0.717) is 31.4 Å². The number of rotatable bonds is 7. The lowest BCUT2D eigenvalue weighted by atomic mass is 9.85. The molecule has 1 aromatic carbocycles. The van der Waals surface area contributed by atoms with E-state index in [1.54, 1.807) is 0 Å². The number of alkyl halides is 3. The van der Waals surface area contributed by atoms with E-state index in [9.17, 15) is 22.8 Å². The van der Waals surface area contributed by atoms with Gasteiger partial charge in [-0.1, -0.05) is 29.8 Å². The zero-order valence-electron chi connectivity index (χ0n) is 21.5. The number of nitrogens with one attached hydrogen (secondary N) is 1. The monoisotopic (exact) mass is 500 g/mol. The number of fused-ring (bicyclic) bond motifs is 1. The lowest BCUT2D eigenvalue weighted by molar-refractivity contribution is -0.142. The summed E-state index contributed by atoms with van der Waals surface area (Å²) in [5.41, 5.74) is 5.13. The molecule has 1 aromatic heterocycles. The number of Topliss-reactive ketones (excluding diaryl/α,β-unsaturated/α-hetero) is 2. The zero-order valence-corrected chi connectivity index (χ0v) is 21.5. The van der Waals surface area contributed by atoms with E-state index >= 15 is 0 Å². The molecule has 36 heavy (non-hydrogen) atoms. The van der Waals surface area contributed by atoms with Crippen molar-refractivity contribution >= 4 is 22.5 Å². The summed E-state index contributed by atoms with van der Waals surface area (Å²) in [6, 6.07) is 7.12. The normalized spacial score (nSPS) is 22.2. The van der Waals surface area contributed by atoms with Crippen LogP contribution >= 0.6 is 0 Å². The number of nitrogens with zero attached hydrogens (tertiary/aromatic N) is 1. The number of halogens is 3. The fourth-order valence-electron chi connectivity index (χ4n) is 6.18. The van der Waals surface area contributed by atoms with Gasteiger partial charge in [-0.15, -0.1) is 0 Å². The van der Waals surface area contributed by atoms with Crippen molar-refractivity contribution < 1.29 is 22.8 Å². The quantitative estimate of drug-likeness (QED) is 0.415. The molecule has 2 aromatic rings. The van der Waals surface area contributed by atoms with Crippen molar-refractivity contribution in [2.24, 2.45) is 5.92 Å². The molecule has 4 rings (SSSR count). The predicted octanol–water partition coefficient (Wildman–Crippen LogP) is 7.03. The number of carbonyl (C=O) groups excluding carboxylic acids is 2. The number of hydrogen-bond acceptors (Lipinski definition) is 3. The highest BCUT2D eigenvalue weighted by atomic mass is 19.4. The first-order chi connectivity index (χ1) is 17.0. The third kappa shape index (κ3) is 5.51. The first-order valence-electron chi connectivity index (χ1n) is 12.8. The number of ketones is 2. The van der Waals surface area contributed by atoms with Gasteiger partial charge in [-0.05, 0) is 76.6 Å². The van der Waals surface area contributed by atoms with Gasteiger partial charge in [0.25, 0.3) is 0 Å². The van der Waals surface area contributed by atoms with Gasteiger partial charge in [-0.25, -0.2) is 0 Å². The topological polar surface area (TPSA) is 51.1 Å². The maximum Gasteiger partial charge on any atom is 0.390 e. The van der Waals surface area contributed by atoms with Gasteiger partial charge in [0.15, 0.2) is 11.6 Å². The van der Waals surface area contributed by atoms with E-state index in [4.69, 9.17) is 0 Å². The van der Waals surface area contributed by atoms with Crippen molar-refractivity contribution in [2.75, 3.05) is 6.54 Å². The van der Waals surface area contributed by atoms with E-state index in [1.807, 2.05) is 51.1 Å². The Morgan fingerprint density at radius 1 is 1.19 bits per heavy atom. The Kier molecular flexibility index (Phi) is 7.60. The molecule has 2 heterocycles. The van der Waals surface area contributed by atoms with Gasteiger partial charge in [0.1, 0.15) is 0 Å². The molecule has 194 valence electrons. The number of carbonyl (C=O) groups is 2. The van der Waals surface area contributed by atoms with Crippen LogP contribution in [-0.4, -0.2) is 34.9 Å². The molecular formula is C29H35F3N2O2. The molecule has 1 N–H and O–H groups in total. The first-order valence-corrected chi connectivity index (χ1v) is 12.8. The Labute approximate surface area is 210 Å². The molecule has 2 aliphatic rings. The molecular weight excluding hydrogens is 465 g/mol. The number of allylic oxidation sites excluding steroid dienone is 4. The van der Waals surface area contributed by atoms with Crippen molar-refractivity contribution in [2.45, 2.75) is 84.5 Å². The van der Waals surface area contributed by atoms with Gasteiger partial charge in [0.05, 0.1) is 6.42 Å². The van der Waals surface area contributed by atoms with E-state index in [2.05, 4.69) is 16.8 Å². The van der Waals surface area contributed by atoms with Crippen LogP contribution in [0.1, 0.15) is 81.4 Å². The summed E-state index contributed by atoms with van der Waals surface area (Å²) in [4.78, 5) is 26.1. The minimum absolute atomic E-state index is 0.00529. The molecule has 1 aliphatic heterocycles. The van der Waals surface area contributed by atoms with E-state index < -0.39 is 18.6 Å². The lowest BCUT2D eigenvalue weighted by Gasteiger charge is -2.35. The van der Waals surface area contributed by atoms with Crippen molar-refractivity contribution in [1.82, 2.24) is 9.88 Å².